The Morgan fingerprint density at radius 1 is 1.33 bits per heavy atom. The van der Waals surface area contributed by atoms with Crippen LogP contribution in [0.15, 0.2) is 24.3 Å². The molecule has 0 atom stereocenters. The summed E-state index contributed by atoms with van der Waals surface area (Å²) in [6, 6.07) is 7.94. The summed E-state index contributed by atoms with van der Waals surface area (Å²) in [5, 5.41) is 15.7. The highest BCUT2D eigenvalue weighted by Gasteiger charge is 2.11. The Labute approximate surface area is 87.7 Å². The van der Waals surface area contributed by atoms with E-state index in [1.807, 2.05) is 31.2 Å². The number of aromatic nitrogens is 2. The van der Waals surface area contributed by atoms with Crippen LogP contribution in [0.4, 0.5) is 5.82 Å². The first-order valence-electron chi connectivity index (χ1n) is 4.73. The van der Waals surface area contributed by atoms with E-state index in [9.17, 15) is 0 Å². The number of aryl methyl sites for hydroxylation is 1. The highest BCUT2D eigenvalue weighted by molar-refractivity contribution is 5.76. The average Bonchev–Trinajstić information content (AvgIpc) is 2.61. The van der Waals surface area contributed by atoms with Crippen LogP contribution in [0.2, 0.25) is 0 Å². The standard InChI is InChI=1S/C11H13N3O/c1-7-2-4-8(5-3-7)10-9(6-15)13-14-11(10)12/h2-5,15H,6H2,1H3,(H3,12,13,14). The first-order valence-corrected chi connectivity index (χ1v) is 4.73. The second kappa shape index (κ2) is 3.74. The number of aliphatic hydroxyl groups is 1. The zero-order valence-electron chi connectivity index (χ0n) is 8.49. The highest BCUT2D eigenvalue weighted by atomic mass is 16.3. The monoisotopic (exact) mass is 203 g/mol. The van der Waals surface area contributed by atoms with Crippen molar-refractivity contribution >= 4 is 5.82 Å². The molecule has 2 rings (SSSR count). The van der Waals surface area contributed by atoms with Gasteiger partial charge in [0.05, 0.1) is 12.3 Å². The van der Waals surface area contributed by atoms with Crippen LogP contribution in [0.1, 0.15) is 11.3 Å². The van der Waals surface area contributed by atoms with Gasteiger partial charge in [-0.25, -0.2) is 0 Å². The maximum atomic E-state index is 9.12. The molecule has 4 heteroatoms. The summed E-state index contributed by atoms with van der Waals surface area (Å²) in [5.41, 5.74) is 9.33. The lowest BCUT2D eigenvalue weighted by molar-refractivity contribution is 0.277. The molecular formula is C11H13N3O. The van der Waals surface area contributed by atoms with Crippen molar-refractivity contribution in [1.29, 1.82) is 0 Å². The molecule has 4 nitrogen and oxygen atoms in total. The van der Waals surface area contributed by atoms with E-state index in [1.54, 1.807) is 0 Å². The number of hydrogen-bond acceptors (Lipinski definition) is 3. The van der Waals surface area contributed by atoms with Crippen molar-refractivity contribution in [1.82, 2.24) is 10.2 Å². The lowest BCUT2D eigenvalue weighted by Gasteiger charge is -2.02. The van der Waals surface area contributed by atoms with Gasteiger partial charge in [0.15, 0.2) is 5.82 Å². The van der Waals surface area contributed by atoms with E-state index in [4.69, 9.17) is 10.8 Å². The van der Waals surface area contributed by atoms with Crippen molar-refractivity contribution in [2.45, 2.75) is 13.5 Å². The van der Waals surface area contributed by atoms with Crippen LogP contribution in [0.5, 0.6) is 0 Å². The molecule has 1 aromatic carbocycles. The van der Waals surface area contributed by atoms with Gasteiger partial charge in [0, 0.05) is 5.56 Å². The maximum absolute atomic E-state index is 9.12. The zero-order chi connectivity index (χ0) is 10.8. The van der Waals surface area contributed by atoms with Gasteiger partial charge in [-0.2, -0.15) is 5.10 Å². The van der Waals surface area contributed by atoms with Crippen LogP contribution in [-0.4, -0.2) is 15.3 Å². The Hall–Kier alpha value is -1.81. The van der Waals surface area contributed by atoms with E-state index in [-0.39, 0.29) is 6.61 Å². The zero-order valence-corrected chi connectivity index (χ0v) is 8.49. The summed E-state index contributed by atoms with van der Waals surface area (Å²) in [4.78, 5) is 0. The van der Waals surface area contributed by atoms with E-state index in [0.29, 0.717) is 11.5 Å². The lowest BCUT2D eigenvalue weighted by atomic mass is 10.0. The van der Waals surface area contributed by atoms with Gasteiger partial charge in [-0.3, -0.25) is 5.10 Å². The minimum absolute atomic E-state index is 0.0899. The summed E-state index contributed by atoms with van der Waals surface area (Å²) >= 11 is 0. The number of hydrogen-bond donors (Lipinski definition) is 3. The third kappa shape index (κ3) is 1.71. The van der Waals surface area contributed by atoms with Crippen molar-refractivity contribution in [3.8, 4) is 11.1 Å². The number of benzene rings is 1. The maximum Gasteiger partial charge on any atom is 0.153 e. The fourth-order valence-electron chi connectivity index (χ4n) is 1.55. The van der Waals surface area contributed by atoms with Gasteiger partial charge >= 0.3 is 0 Å². The summed E-state index contributed by atoms with van der Waals surface area (Å²) in [5.74, 6) is 0.419. The molecule has 4 N–H and O–H groups in total. The van der Waals surface area contributed by atoms with Gasteiger partial charge in [0.2, 0.25) is 0 Å². The second-order valence-electron chi connectivity index (χ2n) is 3.49. The summed E-state index contributed by atoms with van der Waals surface area (Å²) in [7, 11) is 0. The smallest absolute Gasteiger partial charge is 0.153 e. The number of nitrogen functional groups attached to an aromatic ring is 1. The molecule has 0 bridgehead atoms. The Bertz CT molecular complexity index is 459. The van der Waals surface area contributed by atoms with E-state index in [0.717, 1.165) is 11.1 Å². The number of rotatable bonds is 2. The van der Waals surface area contributed by atoms with Crippen LogP contribution in [0.25, 0.3) is 11.1 Å². The topological polar surface area (TPSA) is 74.9 Å². The van der Waals surface area contributed by atoms with Crippen LogP contribution < -0.4 is 5.73 Å². The van der Waals surface area contributed by atoms with E-state index < -0.39 is 0 Å². The quantitative estimate of drug-likeness (QED) is 0.691. The molecule has 0 amide bonds. The number of aliphatic hydroxyl groups excluding tert-OH is 1. The molecular weight excluding hydrogens is 190 g/mol. The molecule has 78 valence electrons. The number of aromatic amines is 1. The third-order valence-electron chi connectivity index (χ3n) is 2.37. The molecule has 0 fully saturated rings. The lowest BCUT2D eigenvalue weighted by Crippen LogP contribution is -1.90. The van der Waals surface area contributed by atoms with Crippen LogP contribution in [-0.2, 0) is 6.61 Å². The number of nitrogens with zero attached hydrogens (tertiary/aromatic N) is 1. The molecule has 0 spiro atoms. The van der Waals surface area contributed by atoms with Crippen molar-refractivity contribution in [3.63, 3.8) is 0 Å². The van der Waals surface area contributed by atoms with Gasteiger partial charge in [-0.15, -0.1) is 0 Å². The first-order chi connectivity index (χ1) is 7.22. The molecule has 1 heterocycles. The van der Waals surface area contributed by atoms with Crippen LogP contribution in [0.3, 0.4) is 0 Å². The number of H-pyrrole nitrogens is 1. The van der Waals surface area contributed by atoms with Crippen molar-refractivity contribution in [3.05, 3.63) is 35.5 Å². The number of nitrogens with two attached hydrogens (primary N) is 1. The second-order valence-corrected chi connectivity index (χ2v) is 3.49. The van der Waals surface area contributed by atoms with Gasteiger partial charge in [-0.1, -0.05) is 29.8 Å². The number of anilines is 1. The molecule has 1 aromatic heterocycles. The summed E-state index contributed by atoms with van der Waals surface area (Å²) in [6.07, 6.45) is 0. The molecule has 0 aliphatic rings. The molecule has 15 heavy (non-hydrogen) atoms. The van der Waals surface area contributed by atoms with Crippen molar-refractivity contribution < 1.29 is 5.11 Å². The molecule has 0 saturated carbocycles. The molecule has 0 aliphatic heterocycles. The normalized spacial score (nSPS) is 10.5. The van der Waals surface area contributed by atoms with Gasteiger partial charge < -0.3 is 10.8 Å². The molecule has 0 unspecified atom stereocenters. The van der Waals surface area contributed by atoms with Crippen LogP contribution in [0, 0.1) is 6.92 Å². The SMILES string of the molecule is Cc1ccc(-c2c(N)n[nH]c2CO)cc1. The fourth-order valence-corrected chi connectivity index (χ4v) is 1.55. The molecule has 0 radical (unpaired) electrons. The Balaban J connectivity index is 2.52. The van der Waals surface area contributed by atoms with Crippen LogP contribution >= 0.6 is 0 Å². The Kier molecular flexibility index (Phi) is 2.43. The Morgan fingerprint density at radius 3 is 2.60 bits per heavy atom. The fraction of sp³-hybridized carbons (Fsp3) is 0.182. The molecule has 2 aromatic rings. The largest absolute Gasteiger partial charge is 0.390 e. The van der Waals surface area contributed by atoms with Crippen molar-refractivity contribution in [2.24, 2.45) is 0 Å². The van der Waals surface area contributed by atoms with E-state index in [2.05, 4.69) is 10.2 Å². The highest BCUT2D eigenvalue weighted by Crippen LogP contribution is 2.27. The first kappa shape index (κ1) is 9.73. The Morgan fingerprint density at radius 2 is 2.00 bits per heavy atom. The summed E-state index contributed by atoms with van der Waals surface area (Å²) < 4.78 is 0. The van der Waals surface area contributed by atoms with Gasteiger partial charge in [-0.05, 0) is 12.5 Å². The van der Waals surface area contributed by atoms with Gasteiger partial charge in [0.25, 0.3) is 0 Å². The van der Waals surface area contributed by atoms with E-state index >= 15 is 0 Å². The van der Waals surface area contributed by atoms with E-state index in [1.165, 1.54) is 5.56 Å². The molecule has 0 saturated heterocycles. The molecule has 0 aliphatic carbocycles. The minimum atomic E-state index is -0.0899. The van der Waals surface area contributed by atoms with Crippen molar-refractivity contribution in [2.75, 3.05) is 5.73 Å². The average molecular weight is 203 g/mol. The number of nitrogens with one attached hydrogen (secondary N) is 1. The summed E-state index contributed by atoms with van der Waals surface area (Å²) in [6.45, 7) is 1.93. The van der Waals surface area contributed by atoms with Gasteiger partial charge in [0.1, 0.15) is 0 Å². The predicted octanol–water partition coefficient (Wildman–Crippen LogP) is 1.46. The predicted molar refractivity (Wildman–Crippen MR) is 59.1 cm³/mol. The third-order valence-corrected chi connectivity index (χ3v) is 2.37. The minimum Gasteiger partial charge on any atom is -0.390 e.